The molecule has 16 heavy (non-hydrogen) atoms. The van der Waals surface area contributed by atoms with Crippen LogP contribution in [-0.4, -0.2) is 0 Å². The van der Waals surface area contributed by atoms with Gasteiger partial charge in [-0.25, -0.2) is 0 Å². The number of allylic oxidation sites excluding steroid dienone is 2. The van der Waals surface area contributed by atoms with Gasteiger partial charge < -0.3 is 0 Å². The molecule has 100 valence electrons. The maximum atomic E-state index is 2.19. The summed E-state index contributed by atoms with van der Waals surface area (Å²) < 4.78 is 0. The average molecular weight is 228 g/mol. The van der Waals surface area contributed by atoms with Crippen molar-refractivity contribution in [2.24, 2.45) is 10.8 Å². The van der Waals surface area contributed by atoms with E-state index in [1.54, 1.807) is 0 Å². The van der Waals surface area contributed by atoms with Crippen molar-refractivity contribution in [1.82, 2.24) is 0 Å². The smallest absolute Gasteiger partial charge is 0.0411 e. The molecule has 0 saturated carbocycles. The first-order valence-electron chi connectivity index (χ1n) is 6.25. The first kappa shape index (κ1) is 21.1. The highest BCUT2D eigenvalue weighted by atomic mass is 14.0. The van der Waals surface area contributed by atoms with Crippen LogP contribution in [0, 0.1) is 10.8 Å². The Balaban J connectivity index is -0.000000160. The first-order chi connectivity index (χ1) is 6.64. The molecule has 0 aromatic rings. The second-order valence-corrected chi connectivity index (χ2v) is 8.00. The predicted molar refractivity (Wildman–Crippen MR) is 80.0 cm³/mol. The Morgan fingerprint density at radius 3 is 0.500 bits per heavy atom. The summed E-state index contributed by atoms with van der Waals surface area (Å²) in [6.45, 7) is 26.0. The molecule has 0 unspecified atom stereocenters. The molecule has 0 heteroatoms. The zero-order valence-corrected chi connectivity index (χ0v) is 14.0. The van der Waals surface area contributed by atoms with Gasteiger partial charge in [0.25, 0.3) is 0 Å². The van der Waals surface area contributed by atoms with Gasteiger partial charge in [-0.3, -0.25) is 0 Å². The Morgan fingerprint density at radius 1 is 0.438 bits per heavy atom. The van der Waals surface area contributed by atoms with Gasteiger partial charge in [0.2, 0.25) is 0 Å². The van der Waals surface area contributed by atoms with Crippen LogP contribution in [0.25, 0.3) is 0 Å². The maximum absolute atomic E-state index is 2.19. The predicted octanol–water partition coefficient (Wildman–Crippen LogP) is 6.47. The molecule has 0 saturated heterocycles. The van der Waals surface area contributed by atoms with E-state index in [9.17, 15) is 0 Å². The van der Waals surface area contributed by atoms with E-state index < -0.39 is 0 Å². The third-order valence-corrected chi connectivity index (χ3v) is 1.00. The molecule has 0 heterocycles. The van der Waals surface area contributed by atoms with Crippen LogP contribution < -0.4 is 0 Å². The normalized spacial score (nSPS) is 10.5. The maximum Gasteiger partial charge on any atom is -0.0411 e. The third kappa shape index (κ3) is 159. The minimum Gasteiger partial charge on any atom is -0.0778 e. The molecule has 0 aliphatic rings. The monoisotopic (exact) mass is 228 g/mol. The summed E-state index contributed by atoms with van der Waals surface area (Å²) in [5, 5.41) is 0. The highest BCUT2D eigenvalue weighted by molar-refractivity contribution is 5.02. The molecule has 0 aliphatic carbocycles. The third-order valence-electron chi connectivity index (χ3n) is 1.00. The van der Waals surface area contributed by atoms with Crippen LogP contribution in [-0.2, 0) is 0 Å². The van der Waals surface area contributed by atoms with Crippen molar-refractivity contribution in [2.45, 2.75) is 83.1 Å². The van der Waals surface area contributed by atoms with Gasteiger partial charge in [0.05, 0.1) is 0 Å². The highest BCUT2D eigenvalue weighted by Gasteiger charge is 1.96. The molecule has 0 nitrogen and oxygen atoms in total. The van der Waals surface area contributed by atoms with Gasteiger partial charge >= 0.3 is 0 Å². The Morgan fingerprint density at radius 2 is 0.500 bits per heavy atom. The van der Waals surface area contributed by atoms with E-state index in [0.29, 0.717) is 10.8 Å². The second kappa shape index (κ2) is 8.84. The van der Waals surface area contributed by atoms with Gasteiger partial charge in [0.1, 0.15) is 0 Å². The lowest BCUT2D eigenvalue weighted by molar-refractivity contribution is 0.469. The molecule has 0 aromatic carbocycles. The fourth-order valence-electron chi connectivity index (χ4n) is 0. The summed E-state index contributed by atoms with van der Waals surface area (Å²) in [6.07, 6.45) is 0. The molecule has 0 aliphatic heterocycles. The van der Waals surface area contributed by atoms with Gasteiger partial charge in [-0.1, -0.05) is 66.5 Å². The van der Waals surface area contributed by atoms with Crippen LogP contribution in [0.2, 0.25) is 0 Å². The fourth-order valence-corrected chi connectivity index (χ4v) is 0. The van der Waals surface area contributed by atoms with Gasteiger partial charge in [0.15, 0.2) is 0 Å². The lowest BCUT2D eigenvalue weighted by Gasteiger charge is -2.05. The second-order valence-electron chi connectivity index (χ2n) is 8.00. The number of hydrogen-bond acceptors (Lipinski definition) is 0. The zero-order chi connectivity index (χ0) is 14.2. The van der Waals surface area contributed by atoms with Crippen molar-refractivity contribution in [3.05, 3.63) is 11.1 Å². The van der Waals surface area contributed by atoms with Gasteiger partial charge in [-0.05, 0) is 38.5 Å². The van der Waals surface area contributed by atoms with Gasteiger partial charge in [-0.2, -0.15) is 0 Å². The van der Waals surface area contributed by atoms with Crippen LogP contribution in [0.5, 0.6) is 0 Å². The average Bonchev–Trinajstić information content (AvgIpc) is 1.77. The Labute approximate surface area is 106 Å². The molecular formula is C16H36. The van der Waals surface area contributed by atoms with E-state index >= 15 is 0 Å². The van der Waals surface area contributed by atoms with Crippen LogP contribution >= 0.6 is 0 Å². The van der Waals surface area contributed by atoms with Crippen molar-refractivity contribution in [3.63, 3.8) is 0 Å². The van der Waals surface area contributed by atoms with E-state index in [4.69, 9.17) is 0 Å². The van der Waals surface area contributed by atoms with E-state index in [-0.39, 0.29) is 0 Å². The van der Waals surface area contributed by atoms with E-state index in [2.05, 4.69) is 83.1 Å². The van der Waals surface area contributed by atoms with Crippen LogP contribution in [0.15, 0.2) is 11.1 Å². The number of hydrogen-bond donors (Lipinski definition) is 0. The van der Waals surface area contributed by atoms with E-state index in [0.717, 1.165) is 0 Å². The molecule has 0 bridgehead atoms. The van der Waals surface area contributed by atoms with Gasteiger partial charge in [-0.15, -0.1) is 0 Å². The van der Waals surface area contributed by atoms with E-state index in [1.807, 2.05) is 0 Å². The summed E-state index contributed by atoms with van der Waals surface area (Å²) in [7, 11) is 0. The SMILES string of the molecule is CC(C)(C)C.CC(C)(C)C.CC(C)=C(C)C. The summed E-state index contributed by atoms with van der Waals surface area (Å²) in [4.78, 5) is 0. The van der Waals surface area contributed by atoms with Crippen molar-refractivity contribution in [2.75, 3.05) is 0 Å². The van der Waals surface area contributed by atoms with Crippen molar-refractivity contribution in [1.29, 1.82) is 0 Å². The summed E-state index contributed by atoms with van der Waals surface area (Å²) in [6, 6.07) is 0. The lowest BCUT2D eigenvalue weighted by Crippen LogP contribution is -1.93. The molecule has 0 aromatic heterocycles. The molecule has 0 N–H and O–H groups in total. The zero-order valence-electron chi connectivity index (χ0n) is 14.0. The lowest BCUT2D eigenvalue weighted by atomic mass is 10.0. The Bertz CT molecular complexity index is 139. The molecule has 0 rings (SSSR count). The molecule has 0 atom stereocenters. The van der Waals surface area contributed by atoms with Crippen LogP contribution in [0.3, 0.4) is 0 Å². The van der Waals surface area contributed by atoms with Crippen molar-refractivity contribution < 1.29 is 0 Å². The summed E-state index contributed by atoms with van der Waals surface area (Å²) >= 11 is 0. The largest absolute Gasteiger partial charge is 0.0778 e. The minimum atomic E-state index is 0.500. The summed E-state index contributed by atoms with van der Waals surface area (Å²) in [5.41, 5.74) is 3.85. The standard InChI is InChI=1S/C6H12.2C5H12/c1-5(2)6(3)4;2*1-5(2,3)4/h1-4H3;2*1-4H3. The van der Waals surface area contributed by atoms with Crippen LogP contribution in [0.1, 0.15) is 83.1 Å². The van der Waals surface area contributed by atoms with Crippen LogP contribution in [0.4, 0.5) is 0 Å². The molecule has 0 radical (unpaired) electrons. The first-order valence-corrected chi connectivity index (χ1v) is 6.25. The fraction of sp³-hybridized carbons (Fsp3) is 0.875. The minimum absolute atomic E-state index is 0.500. The quantitative estimate of drug-likeness (QED) is 0.417. The topological polar surface area (TPSA) is 0 Å². The van der Waals surface area contributed by atoms with Crippen molar-refractivity contribution >= 4 is 0 Å². The summed E-state index contributed by atoms with van der Waals surface area (Å²) in [5.74, 6) is 0. The Kier molecular flexibility index (Phi) is 11.6. The van der Waals surface area contributed by atoms with Crippen molar-refractivity contribution in [3.8, 4) is 0 Å². The van der Waals surface area contributed by atoms with Gasteiger partial charge in [0, 0.05) is 0 Å². The molecule has 0 amide bonds. The Hall–Kier alpha value is -0.260. The highest BCUT2D eigenvalue weighted by Crippen LogP contribution is 2.08. The van der Waals surface area contributed by atoms with E-state index in [1.165, 1.54) is 11.1 Å². The molecule has 0 fully saturated rings. The molecule has 0 spiro atoms. The molecular weight excluding hydrogens is 192 g/mol. The number of rotatable bonds is 0.